The van der Waals surface area contributed by atoms with Gasteiger partial charge in [-0.2, -0.15) is 0 Å². The molecule has 24 heavy (non-hydrogen) atoms. The van der Waals surface area contributed by atoms with Crippen molar-refractivity contribution in [3.8, 4) is 11.4 Å². The molecule has 0 aliphatic carbocycles. The number of likely N-dealkylation sites (tertiary alicyclic amines) is 1. The van der Waals surface area contributed by atoms with E-state index in [0.29, 0.717) is 11.8 Å². The molecular formula is C18H24N4OS. The van der Waals surface area contributed by atoms with Crippen LogP contribution in [0.5, 0.6) is 0 Å². The molecule has 0 bridgehead atoms. The van der Waals surface area contributed by atoms with E-state index >= 15 is 0 Å². The third kappa shape index (κ3) is 3.64. The number of amides is 1. The van der Waals surface area contributed by atoms with Crippen molar-refractivity contribution >= 4 is 17.7 Å². The Kier molecular flexibility index (Phi) is 5.56. The summed E-state index contributed by atoms with van der Waals surface area (Å²) in [6.07, 6.45) is 3.45. The van der Waals surface area contributed by atoms with Gasteiger partial charge in [0.2, 0.25) is 5.91 Å². The first-order chi connectivity index (χ1) is 11.7. The molecule has 6 heteroatoms. The predicted octanol–water partition coefficient (Wildman–Crippen LogP) is 3.46. The molecule has 0 N–H and O–H groups in total. The first-order valence-electron chi connectivity index (χ1n) is 8.61. The first-order valence-corrected chi connectivity index (χ1v) is 9.60. The van der Waals surface area contributed by atoms with Crippen LogP contribution in [0.2, 0.25) is 0 Å². The summed E-state index contributed by atoms with van der Waals surface area (Å²) >= 11 is 1.49. The maximum Gasteiger partial charge on any atom is 0.233 e. The van der Waals surface area contributed by atoms with Gasteiger partial charge in [-0.1, -0.05) is 42.1 Å². The fourth-order valence-electron chi connectivity index (χ4n) is 3.16. The Hall–Kier alpha value is -1.82. The number of hydrogen-bond acceptors (Lipinski definition) is 4. The number of carbonyl (C=O) groups excluding carboxylic acids is 1. The second-order valence-electron chi connectivity index (χ2n) is 6.14. The number of carbonyl (C=O) groups is 1. The number of nitrogens with zero attached hydrogens (tertiary/aromatic N) is 4. The third-order valence-corrected chi connectivity index (χ3v) is 5.46. The molecule has 1 aliphatic heterocycles. The van der Waals surface area contributed by atoms with Gasteiger partial charge in [0.05, 0.1) is 5.75 Å². The summed E-state index contributed by atoms with van der Waals surface area (Å²) in [5, 5.41) is 9.45. The van der Waals surface area contributed by atoms with Gasteiger partial charge in [-0.3, -0.25) is 4.79 Å². The maximum atomic E-state index is 12.5. The minimum Gasteiger partial charge on any atom is -0.339 e. The zero-order chi connectivity index (χ0) is 16.9. The molecule has 0 spiro atoms. The average molecular weight is 344 g/mol. The first kappa shape index (κ1) is 17.0. The molecule has 1 aromatic heterocycles. The number of rotatable bonds is 5. The van der Waals surface area contributed by atoms with Crippen molar-refractivity contribution in [2.45, 2.75) is 50.9 Å². The quantitative estimate of drug-likeness (QED) is 0.780. The monoisotopic (exact) mass is 344 g/mol. The maximum absolute atomic E-state index is 12.5. The fourth-order valence-corrected chi connectivity index (χ4v) is 4.05. The second-order valence-corrected chi connectivity index (χ2v) is 7.08. The summed E-state index contributed by atoms with van der Waals surface area (Å²) < 4.78 is 2.08. The smallest absolute Gasteiger partial charge is 0.233 e. The van der Waals surface area contributed by atoms with Crippen LogP contribution in [0, 0.1) is 0 Å². The Morgan fingerprint density at radius 2 is 2.04 bits per heavy atom. The Morgan fingerprint density at radius 1 is 1.25 bits per heavy atom. The highest BCUT2D eigenvalue weighted by Gasteiger charge is 2.24. The lowest BCUT2D eigenvalue weighted by atomic mass is 10.0. The van der Waals surface area contributed by atoms with E-state index in [1.165, 1.54) is 18.2 Å². The second kappa shape index (κ2) is 7.83. The summed E-state index contributed by atoms with van der Waals surface area (Å²) in [5.74, 6) is 1.50. The molecular weight excluding hydrogens is 320 g/mol. The van der Waals surface area contributed by atoms with E-state index in [0.717, 1.165) is 42.5 Å². The van der Waals surface area contributed by atoms with Crippen LogP contribution >= 0.6 is 11.8 Å². The van der Waals surface area contributed by atoms with Gasteiger partial charge in [0.1, 0.15) is 0 Å². The van der Waals surface area contributed by atoms with Gasteiger partial charge in [0.15, 0.2) is 11.0 Å². The van der Waals surface area contributed by atoms with Gasteiger partial charge in [0, 0.05) is 24.7 Å². The molecule has 1 atom stereocenters. The summed E-state index contributed by atoms with van der Waals surface area (Å²) in [6, 6.07) is 10.4. The summed E-state index contributed by atoms with van der Waals surface area (Å²) in [5.41, 5.74) is 1.05. The Morgan fingerprint density at radius 3 is 2.75 bits per heavy atom. The minimum atomic E-state index is 0.208. The van der Waals surface area contributed by atoms with Crippen molar-refractivity contribution in [1.29, 1.82) is 0 Å². The van der Waals surface area contributed by atoms with E-state index in [1.807, 2.05) is 35.2 Å². The Labute approximate surface area is 147 Å². The minimum absolute atomic E-state index is 0.208. The van der Waals surface area contributed by atoms with Gasteiger partial charge in [-0.15, -0.1) is 10.2 Å². The van der Waals surface area contributed by atoms with Crippen LogP contribution < -0.4 is 0 Å². The van der Waals surface area contributed by atoms with Crippen molar-refractivity contribution < 1.29 is 4.79 Å². The average Bonchev–Trinajstić information content (AvgIpc) is 3.03. The molecule has 1 fully saturated rings. The van der Waals surface area contributed by atoms with E-state index in [9.17, 15) is 4.79 Å². The van der Waals surface area contributed by atoms with E-state index < -0.39 is 0 Å². The zero-order valence-electron chi connectivity index (χ0n) is 14.3. The van der Waals surface area contributed by atoms with Gasteiger partial charge in [0.25, 0.3) is 0 Å². The van der Waals surface area contributed by atoms with Crippen LogP contribution in [0.4, 0.5) is 0 Å². The van der Waals surface area contributed by atoms with Crippen LogP contribution in [-0.4, -0.2) is 43.9 Å². The molecule has 3 rings (SSSR count). The summed E-state index contributed by atoms with van der Waals surface area (Å²) in [4.78, 5) is 14.5. The van der Waals surface area contributed by atoms with Crippen LogP contribution in [0.3, 0.4) is 0 Å². The highest BCUT2D eigenvalue weighted by molar-refractivity contribution is 7.99. The topological polar surface area (TPSA) is 51.0 Å². The van der Waals surface area contributed by atoms with Gasteiger partial charge in [-0.05, 0) is 33.1 Å². The highest BCUT2D eigenvalue weighted by atomic mass is 32.2. The molecule has 2 heterocycles. The van der Waals surface area contributed by atoms with Crippen LogP contribution in [0.25, 0.3) is 11.4 Å². The lowest BCUT2D eigenvalue weighted by molar-refractivity contribution is -0.131. The molecule has 1 aliphatic rings. The van der Waals surface area contributed by atoms with Crippen LogP contribution in [0.1, 0.15) is 33.1 Å². The normalized spacial score (nSPS) is 17.9. The third-order valence-electron chi connectivity index (χ3n) is 4.51. The zero-order valence-corrected chi connectivity index (χ0v) is 15.1. The molecule has 0 unspecified atom stereocenters. The number of aromatic nitrogens is 3. The van der Waals surface area contributed by atoms with Crippen LogP contribution in [0.15, 0.2) is 35.5 Å². The van der Waals surface area contributed by atoms with E-state index in [1.54, 1.807) is 0 Å². The highest BCUT2D eigenvalue weighted by Crippen LogP contribution is 2.25. The van der Waals surface area contributed by atoms with Crippen molar-refractivity contribution in [1.82, 2.24) is 19.7 Å². The summed E-state index contributed by atoms with van der Waals surface area (Å²) in [6.45, 7) is 5.89. The van der Waals surface area contributed by atoms with Gasteiger partial charge < -0.3 is 9.47 Å². The summed E-state index contributed by atoms with van der Waals surface area (Å²) in [7, 11) is 0. The molecule has 128 valence electrons. The van der Waals surface area contributed by atoms with Crippen molar-refractivity contribution in [3.05, 3.63) is 30.3 Å². The molecule has 1 saturated heterocycles. The molecule has 5 nitrogen and oxygen atoms in total. The van der Waals surface area contributed by atoms with Crippen molar-refractivity contribution in [2.75, 3.05) is 12.3 Å². The number of hydrogen-bond donors (Lipinski definition) is 0. The number of piperidine rings is 1. The molecule has 0 saturated carbocycles. The standard InChI is InChI=1S/C18H24N4OS/c1-3-21-17(15-10-5-4-6-11-15)19-20-18(21)24-13-16(23)22-12-8-7-9-14(22)2/h4-6,10-11,14H,3,7-9,12-13H2,1-2H3/t14-/m0/s1. The number of thioether (sulfide) groups is 1. The lowest BCUT2D eigenvalue weighted by Crippen LogP contribution is -2.43. The van der Waals surface area contributed by atoms with Gasteiger partial charge >= 0.3 is 0 Å². The molecule has 0 radical (unpaired) electrons. The lowest BCUT2D eigenvalue weighted by Gasteiger charge is -2.33. The van der Waals surface area contributed by atoms with Crippen molar-refractivity contribution in [3.63, 3.8) is 0 Å². The molecule has 2 aromatic rings. The van der Waals surface area contributed by atoms with E-state index in [2.05, 4.69) is 28.6 Å². The largest absolute Gasteiger partial charge is 0.339 e. The number of benzene rings is 1. The van der Waals surface area contributed by atoms with Gasteiger partial charge in [-0.25, -0.2) is 0 Å². The van der Waals surface area contributed by atoms with E-state index in [4.69, 9.17) is 0 Å². The Balaban J connectivity index is 1.69. The van der Waals surface area contributed by atoms with Crippen molar-refractivity contribution in [2.24, 2.45) is 0 Å². The Bertz CT molecular complexity index is 686. The van der Waals surface area contributed by atoms with Crippen LogP contribution in [-0.2, 0) is 11.3 Å². The predicted molar refractivity (Wildman–Crippen MR) is 96.9 cm³/mol. The molecule has 1 amide bonds. The van der Waals surface area contributed by atoms with E-state index in [-0.39, 0.29) is 5.91 Å². The SMILES string of the molecule is CCn1c(SCC(=O)N2CCCC[C@@H]2C)nnc1-c1ccccc1. The fraction of sp³-hybridized carbons (Fsp3) is 0.500. The molecule has 1 aromatic carbocycles.